The van der Waals surface area contributed by atoms with Gasteiger partial charge in [-0.1, -0.05) is 30.3 Å². The second kappa shape index (κ2) is 5.39. The number of aromatic amines is 1. The monoisotopic (exact) mass is 266 g/mol. The molecular formula is C17H18N2O. The van der Waals surface area contributed by atoms with Crippen LogP contribution < -0.4 is 10.5 Å². The van der Waals surface area contributed by atoms with Gasteiger partial charge in [0.05, 0.1) is 0 Å². The van der Waals surface area contributed by atoms with E-state index in [1.807, 2.05) is 49.5 Å². The number of hydrogen-bond donors (Lipinski definition) is 2. The van der Waals surface area contributed by atoms with Crippen LogP contribution in [0.3, 0.4) is 0 Å². The highest BCUT2D eigenvalue weighted by atomic mass is 16.5. The van der Waals surface area contributed by atoms with Crippen LogP contribution in [0, 0.1) is 0 Å². The third-order valence-corrected chi connectivity index (χ3v) is 3.42. The molecule has 1 unspecified atom stereocenters. The Labute approximate surface area is 118 Å². The van der Waals surface area contributed by atoms with Crippen LogP contribution in [-0.2, 0) is 6.61 Å². The van der Waals surface area contributed by atoms with Gasteiger partial charge in [0.2, 0.25) is 0 Å². The van der Waals surface area contributed by atoms with Gasteiger partial charge in [-0.05, 0) is 36.2 Å². The normalized spacial score (nSPS) is 12.5. The summed E-state index contributed by atoms with van der Waals surface area (Å²) in [6, 6.07) is 16.2. The minimum Gasteiger partial charge on any atom is -0.489 e. The molecular weight excluding hydrogens is 248 g/mol. The topological polar surface area (TPSA) is 51.0 Å². The maximum Gasteiger partial charge on any atom is 0.120 e. The van der Waals surface area contributed by atoms with Crippen molar-refractivity contribution in [1.82, 2.24) is 4.98 Å². The fourth-order valence-corrected chi connectivity index (χ4v) is 2.33. The fourth-order valence-electron chi connectivity index (χ4n) is 2.33. The number of ether oxygens (including phenoxy) is 1. The SMILES string of the molecule is CC(N)c1c[nH]c2ccc(OCc3ccccc3)cc12. The van der Waals surface area contributed by atoms with Crippen molar-refractivity contribution in [2.24, 2.45) is 5.73 Å². The number of H-pyrrole nitrogens is 1. The zero-order chi connectivity index (χ0) is 13.9. The van der Waals surface area contributed by atoms with Gasteiger partial charge in [-0.3, -0.25) is 0 Å². The van der Waals surface area contributed by atoms with Gasteiger partial charge in [0.1, 0.15) is 12.4 Å². The predicted molar refractivity (Wildman–Crippen MR) is 81.7 cm³/mol. The summed E-state index contributed by atoms with van der Waals surface area (Å²) in [5.41, 5.74) is 9.34. The van der Waals surface area contributed by atoms with E-state index in [0.717, 1.165) is 27.8 Å². The molecule has 3 nitrogen and oxygen atoms in total. The molecule has 1 atom stereocenters. The van der Waals surface area contributed by atoms with E-state index in [2.05, 4.69) is 17.1 Å². The molecule has 0 aliphatic heterocycles. The molecule has 0 amide bonds. The lowest BCUT2D eigenvalue weighted by atomic mass is 10.1. The number of nitrogens with two attached hydrogens (primary N) is 1. The molecule has 102 valence electrons. The number of aromatic nitrogens is 1. The van der Waals surface area contributed by atoms with Gasteiger partial charge in [-0.15, -0.1) is 0 Å². The Hall–Kier alpha value is -2.26. The Balaban J connectivity index is 1.83. The molecule has 1 heterocycles. The number of hydrogen-bond acceptors (Lipinski definition) is 2. The Morgan fingerprint density at radius 1 is 1.15 bits per heavy atom. The van der Waals surface area contributed by atoms with Crippen LogP contribution in [0.1, 0.15) is 24.1 Å². The third kappa shape index (κ3) is 2.53. The second-order valence-corrected chi connectivity index (χ2v) is 5.01. The third-order valence-electron chi connectivity index (χ3n) is 3.42. The Kier molecular flexibility index (Phi) is 3.44. The highest BCUT2D eigenvalue weighted by Gasteiger charge is 2.08. The van der Waals surface area contributed by atoms with Crippen LogP contribution in [-0.4, -0.2) is 4.98 Å². The maximum absolute atomic E-state index is 5.98. The van der Waals surface area contributed by atoms with Crippen LogP contribution in [0.15, 0.2) is 54.7 Å². The molecule has 3 heteroatoms. The van der Waals surface area contributed by atoms with Crippen LogP contribution in [0.5, 0.6) is 5.75 Å². The molecule has 1 aromatic heterocycles. The molecule has 0 aliphatic carbocycles. The molecule has 0 bridgehead atoms. The standard InChI is InChI=1S/C17H18N2O/c1-12(18)16-10-19-17-8-7-14(9-15(16)17)20-11-13-5-3-2-4-6-13/h2-10,12,19H,11,18H2,1H3. The van der Waals surface area contributed by atoms with E-state index in [1.165, 1.54) is 0 Å². The molecule has 3 aromatic rings. The van der Waals surface area contributed by atoms with Gasteiger partial charge in [0, 0.05) is 23.1 Å². The van der Waals surface area contributed by atoms with Crippen molar-refractivity contribution in [1.29, 1.82) is 0 Å². The van der Waals surface area contributed by atoms with Gasteiger partial charge < -0.3 is 15.5 Å². The van der Waals surface area contributed by atoms with Gasteiger partial charge in [0.25, 0.3) is 0 Å². The van der Waals surface area contributed by atoms with Crippen molar-refractivity contribution in [2.75, 3.05) is 0 Å². The predicted octanol–water partition coefficient (Wildman–Crippen LogP) is 3.77. The molecule has 0 saturated carbocycles. The molecule has 0 saturated heterocycles. The number of nitrogens with one attached hydrogen (secondary N) is 1. The van der Waals surface area contributed by atoms with Crippen LogP contribution in [0.4, 0.5) is 0 Å². The molecule has 2 aromatic carbocycles. The highest BCUT2D eigenvalue weighted by Crippen LogP contribution is 2.27. The lowest BCUT2D eigenvalue weighted by molar-refractivity contribution is 0.306. The number of fused-ring (bicyclic) bond motifs is 1. The van der Waals surface area contributed by atoms with E-state index in [-0.39, 0.29) is 6.04 Å². The summed E-state index contributed by atoms with van der Waals surface area (Å²) in [5, 5.41) is 1.13. The van der Waals surface area contributed by atoms with Crippen molar-refractivity contribution in [3.63, 3.8) is 0 Å². The molecule has 20 heavy (non-hydrogen) atoms. The first kappa shape index (κ1) is 12.8. The van der Waals surface area contributed by atoms with Crippen molar-refractivity contribution < 1.29 is 4.74 Å². The van der Waals surface area contributed by atoms with Gasteiger partial charge >= 0.3 is 0 Å². The van der Waals surface area contributed by atoms with E-state index < -0.39 is 0 Å². The highest BCUT2D eigenvalue weighted by molar-refractivity contribution is 5.85. The molecule has 3 N–H and O–H groups in total. The largest absolute Gasteiger partial charge is 0.489 e. The van der Waals surface area contributed by atoms with Crippen molar-refractivity contribution in [3.8, 4) is 5.75 Å². The summed E-state index contributed by atoms with van der Waals surface area (Å²) >= 11 is 0. The fraction of sp³-hybridized carbons (Fsp3) is 0.176. The van der Waals surface area contributed by atoms with Crippen molar-refractivity contribution in [2.45, 2.75) is 19.6 Å². The molecule has 3 rings (SSSR count). The molecule has 0 aliphatic rings. The van der Waals surface area contributed by atoms with Crippen molar-refractivity contribution >= 4 is 10.9 Å². The first-order chi connectivity index (χ1) is 9.74. The van der Waals surface area contributed by atoms with E-state index in [0.29, 0.717) is 6.61 Å². The summed E-state index contributed by atoms with van der Waals surface area (Å²) in [6.07, 6.45) is 1.97. The van der Waals surface area contributed by atoms with Crippen LogP contribution in [0.2, 0.25) is 0 Å². The zero-order valence-corrected chi connectivity index (χ0v) is 11.5. The molecule has 0 spiro atoms. The summed E-state index contributed by atoms with van der Waals surface area (Å²) in [7, 11) is 0. The van der Waals surface area contributed by atoms with Crippen LogP contribution >= 0.6 is 0 Å². The molecule has 0 radical (unpaired) electrons. The quantitative estimate of drug-likeness (QED) is 0.755. The zero-order valence-electron chi connectivity index (χ0n) is 11.5. The van der Waals surface area contributed by atoms with E-state index in [9.17, 15) is 0 Å². The smallest absolute Gasteiger partial charge is 0.120 e. The van der Waals surface area contributed by atoms with Crippen LogP contribution in [0.25, 0.3) is 10.9 Å². The minimum atomic E-state index is 0.00752. The second-order valence-electron chi connectivity index (χ2n) is 5.01. The van der Waals surface area contributed by atoms with E-state index in [1.54, 1.807) is 0 Å². The molecule has 0 fully saturated rings. The van der Waals surface area contributed by atoms with E-state index in [4.69, 9.17) is 10.5 Å². The van der Waals surface area contributed by atoms with E-state index >= 15 is 0 Å². The number of benzene rings is 2. The number of rotatable bonds is 4. The summed E-state index contributed by atoms with van der Waals surface area (Å²) in [5.74, 6) is 0.864. The first-order valence-electron chi connectivity index (χ1n) is 6.77. The summed E-state index contributed by atoms with van der Waals surface area (Å²) < 4.78 is 5.85. The van der Waals surface area contributed by atoms with Gasteiger partial charge in [-0.2, -0.15) is 0 Å². The Morgan fingerprint density at radius 3 is 2.70 bits per heavy atom. The summed E-state index contributed by atoms with van der Waals surface area (Å²) in [4.78, 5) is 3.23. The minimum absolute atomic E-state index is 0.00752. The first-order valence-corrected chi connectivity index (χ1v) is 6.77. The van der Waals surface area contributed by atoms with Gasteiger partial charge in [-0.25, -0.2) is 0 Å². The lowest BCUT2D eigenvalue weighted by Crippen LogP contribution is -2.03. The van der Waals surface area contributed by atoms with Crippen molar-refractivity contribution in [3.05, 3.63) is 65.9 Å². The lowest BCUT2D eigenvalue weighted by Gasteiger charge is -2.08. The summed E-state index contributed by atoms with van der Waals surface area (Å²) in [6.45, 7) is 2.56. The maximum atomic E-state index is 5.98. The van der Waals surface area contributed by atoms with Gasteiger partial charge in [0.15, 0.2) is 0 Å². The average molecular weight is 266 g/mol. The average Bonchev–Trinajstić information content (AvgIpc) is 2.89. The Morgan fingerprint density at radius 2 is 1.95 bits per heavy atom. The Bertz CT molecular complexity index is 701.